The second-order valence-electron chi connectivity index (χ2n) is 3.32. The minimum Gasteiger partial charge on any atom is -0.282 e. The highest BCUT2D eigenvalue weighted by atomic mass is 19.1. The van der Waals surface area contributed by atoms with E-state index in [2.05, 4.69) is 0 Å². The van der Waals surface area contributed by atoms with Gasteiger partial charge in [-0.3, -0.25) is 9.36 Å². The van der Waals surface area contributed by atoms with E-state index in [9.17, 15) is 9.18 Å². The number of pyridine rings is 1. The van der Waals surface area contributed by atoms with Gasteiger partial charge in [0.05, 0.1) is 0 Å². The summed E-state index contributed by atoms with van der Waals surface area (Å²) in [6.07, 6.45) is 0. The number of halogens is 1. The summed E-state index contributed by atoms with van der Waals surface area (Å²) in [5.74, 6) is -0.305. The molecule has 15 heavy (non-hydrogen) atoms. The maximum atomic E-state index is 12.7. The molecular weight excluding hydrogens is 193 g/mol. The van der Waals surface area contributed by atoms with E-state index in [0.29, 0.717) is 5.69 Å². The van der Waals surface area contributed by atoms with Crippen LogP contribution in [-0.4, -0.2) is 4.57 Å². The maximum Gasteiger partial charge on any atom is 0.255 e. The lowest BCUT2D eigenvalue weighted by molar-refractivity contribution is 0.627. The number of nitrogens with zero attached hydrogens (tertiary/aromatic N) is 1. The molecule has 1 aromatic carbocycles. The highest BCUT2D eigenvalue weighted by molar-refractivity contribution is 5.34. The van der Waals surface area contributed by atoms with Crippen LogP contribution in [0.25, 0.3) is 5.69 Å². The van der Waals surface area contributed by atoms with Crippen LogP contribution in [0.3, 0.4) is 0 Å². The molecule has 2 aromatic rings. The van der Waals surface area contributed by atoms with Gasteiger partial charge in [0.1, 0.15) is 5.82 Å². The van der Waals surface area contributed by atoms with Crippen molar-refractivity contribution in [3.63, 3.8) is 0 Å². The van der Waals surface area contributed by atoms with Gasteiger partial charge in [-0.25, -0.2) is 4.39 Å². The maximum absolute atomic E-state index is 12.7. The largest absolute Gasteiger partial charge is 0.282 e. The first-order chi connectivity index (χ1) is 7.18. The topological polar surface area (TPSA) is 22.0 Å². The quantitative estimate of drug-likeness (QED) is 0.697. The third kappa shape index (κ3) is 1.81. The van der Waals surface area contributed by atoms with Crippen LogP contribution in [0, 0.1) is 12.7 Å². The minimum absolute atomic E-state index is 0.110. The number of benzene rings is 1. The van der Waals surface area contributed by atoms with Gasteiger partial charge in [-0.05, 0) is 37.3 Å². The van der Waals surface area contributed by atoms with Crippen LogP contribution in [0.4, 0.5) is 4.39 Å². The van der Waals surface area contributed by atoms with Gasteiger partial charge < -0.3 is 0 Å². The molecule has 0 amide bonds. The molecule has 0 bridgehead atoms. The van der Waals surface area contributed by atoms with Crippen LogP contribution in [0.2, 0.25) is 0 Å². The first kappa shape index (κ1) is 9.65. The zero-order valence-corrected chi connectivity index (χ0v) is 8.27. The van der Waals surface area contributed by atoms with E-state index >= 15 is 0 Å². The Hall–Kier alpha value is -1.90. The number of rotatable bonds is 1. The molecule has 0 aliphatic carbocycles. The summed E-state index contributed by atoms with van der Waals surface area (Å²) < 4.78 is 14.3. The fourth-order valence-corrected chi connectivity index (χ4v) is 1.51. The summed E-state index contributed by atoms with van der Waals surface area (Å²) in [7, 11) is 0. The molecule has 0 fully saturated rings. The normalized spacial score (nSPS) is 10.3. The van der Waals surface area contributed by atoms with E-state index in [-0.39, 0.29) is 11.4 Å². The van der Waals surface area contributed by atoms with E-state index in [1.54, 1.807) is 22.8 Å². The Balaban J connectivity index is 2.64. The minimum atomic E-state index is -0.305. The lowest BCUT2D eigenvalue weighted by atomic mass is 10.2. The fourth-order valence-electron chi connectivity index (χ4n) is 1.51. The van der Waals surface area contributed by atoms with Crippen molar-refractivity contribution in [3.05, 3.63) is 64.3 Å². The third-order valence-electron chi connectivity index (χ3n) is 2.23. The molecule has 0 atom stereocenters. The lowest BCUT2D eigenvalue weighted by Crippen LogP contribution is -2.18. The van der Waals surface area contributed by atoms with Crippen LogP contribution >= 0.6 is 0 Å². The molecule has 0 aliphatic heterocycles. The molecule has 0 saturated carbocycles. The van der Waals surface area contributed by atoms with Crippen molar-refractivity contribution in [2.45, 2.75) is 6.92 Å². The zero-order chi connectivity index (χ0) is 10.8. The average Bonchev–Trinajstić information content (AvgIpc) is 2.20. The molecule has 0 radical (unpaired) electrons. The molecule has 3 heteroatoms. The Morgan fingerprint density at radius 3 is 2.33 bits per heavy atom. The number of aryl methyl sites for hydroxylation is 1. The van der Waals surface area contributed by atoms with E-state index in [4.69, 9.17) is 0 Å². The second-order valence-corrected chi connectivity index (χ2v) is 3.32. The van der Waals surface area contributed by atoms with E-state index in [0.717, 1.165) is 5.69 Å². The summed E-state index contributed by atoms with van der Waals surface area (Å²) >= 11 is 0. The Morgan fingerprint density at radius 2 is 1.73 bits per heavy atom. The fraction of sp³-hybridized carbons (Fsp3) is 0.0833. The number of hydrogen-bond acceptors (Lipinski definition) is 1. The number of hydrogen-bond donors (Lipinski definition) is 0. The van der Waals surface area contributed by atoms with Gasteiger partial charge in [-0.15, -0.1) is 0 Å². The monoisotopic (exact) mass is 203 g/mol. The van der Waals surface area contributed by atoms with Gasteiger partial charge in [-0.2, -0.15) is 0 Å². The van der Waals surface area contributed by atoms with Gasteiger partial charge >= 0.3 is 0 Å². The summed E-state index contributed by atoms with van der Waals surface area (Å²) in [6.45, 7) is 1.84. The lowest BCUT2D eigenvalue weighted by Gasteiger charge is -2.08. The predicted molar refractivity (Wildman–Crippen MR) is 56.7 cm³/mol. The van der Waals surface area contributed by atoms with Crippen molar-refractivity contribution in [1.82, 2.24) is 4.57 Å². The summed E-state index contributed by atoms with van der Waals surface area (Å²) in [6, 6.07) is 10.9. The number of aromatic nitrogens is 1. The molecule has 76 valence electrons. The van der Waals surface area contributed by atoms with Crippen LogP contribution in [-0.2, 0) is 0 Å². The molecule has 0 spiro atoms. The van der Waals surface area contributed by atoms with Crippen molar-refractivity contribution in [2.75, 3.05) is 0 Å². The average molecular weight is 203 g/mol. The van der Waals surface area contributed by atoms with Crippen molar-refractivity contribution in [1.29, 1.82) is 0 Å². The Labute approximate surface area is 86.6 Å². The Bertz CT molecular complexity index is 528. The highest BCUT2D eigenvalue weighted by Gasteiger charge is 2.01. The molecule has 2 nitrogen and oxygen atoms in total. The van der Waals surface area contributed by atoms with E-state index < -0.39 is 0 Å². The molecule has 2 rings (SSSR count). The highest BCUT2D eigenvalue weighted by Crippen LogP contribution is 2.08. The summed E-state index contributed by atoms with van der Waals surface area (Å²) in [4.78, 5) is 11.6. The van der Waals surface area contributed by atoms with E-state index in [1.165, 1.54) is 18.2 Å². The molecule has 0 saturated heterocycles. The zero-order valence-electron chi connectivity index (χ0n) is 8.27. The van der Waals surface area contributed by atoms with Crippen molar-refractivity contribution in [3.8, 4) is 5.69 Å². The van der Waals surface area contributed by atoms with Crippen LogP contribution in [0.5, 0.6) is 0 Å². The van der Waals surface area contributed by atoms with Crippen molar-refractivity contribution in [2.24, 2.45) is 0 Å². The third-order valence-corrected chi connectivity index (χ3v) is 2.23. The smallest absolute Gasteiger partial charge is 0.255 e. The van der Waals surface area contributed by atoms with Crippen molar-refractivity contribution >= 4 is 0 Å². The van der Waals surface area contributed by atoms with Crippen LogP contribution in [0.15, 0.2) is 47.3 Å². The van der Waals surface area contributed by atoms with Gasteiger partial charge in [0, 0.05) is 17.4 Å². The Morgan fingerprint density at radius 1 is 1.07 bits per heavy atom. The first-order valence-corrected chi connectivity index (χ1v) is 4.63. The summed E-state index contributed by atoms with van der Waals surface area (Å²) in [5, 5.41) is 0. The van der Waals surface area contributed by atoms with Gasteiger partial charge in [0.15, 0.2) is 0 Å². The molecular formula is C12H10FNO. The van der Waals surface area contributed by atoms with E-state index in [1.807, 2.05) is 13.0 Å². The van der Waals surface area contributed by atoms with Gasteiger partial charge in [-0.1, -0.05) is 6.07 Å². The second kappa shape index (κ2) is 3.69. The first-order valence-electron chi connectivity index (χ1n) is 4.63. The standard InChI is InChI=1S/C12H10FNO/c1-9-3-2-4-12(15)14(9)11-7-5-10(13)6-8-11/h2-8H,1H3. The van der Waals surface area contributed by atoms with Crippen LogP contribution < -0.4 is 5.56 Å². The summed E-state index contributed by atoms with van der Waals surface area (Å²) in [5.41, 5.74) is 1.40. The molecule has 1 heterocycles. The molecule has 0 unspecified atom stereocenters. The Kier molecular flexibility index (Phi) is 2.37. The molecule has 1 aromatic heterocycles. The van der Waals surface area contributed by atoms with Crippen molar-refractivity contribution < 1.29 is 4.39 Å². The molecule has 0 N–H and O–H groups in total. The van der Waals surface area contributed by atoms with Gasteiger partial charge in [0.2, 0.25) is 0 Å². The predicted octanol–water partition coefficient (Wildman–Crippen LogP) is 2.29. The van der Waals surface area contributed by atoms with Gasteiger partial charge in [0.25, 0.3) is 5.56 Å². The van der Waals surface area contributed by atoms with Crippen LogP contribution in [0.1, 0.15) is 5.69 Å². The SMILES string of the molecule is Cc1cccc(=O)n1-c1ccc(F)cc1. The molecule has 0 aliphatic rings.